The first-order valence-electron chi connectivity index (χ1n) is 5.46. The van der Waals surface area contributed by atoms with Gasteiger partial charge in [-0.15, -0.1) is 0 Å². The third-order valence-electron chi connectivity index (χ3n) is 3.29. The Morgan fingerprint density at radius 2 is 2.12 bits per heavy atom. The van der Waals surface area contributed by atoms with E-state index in [1.54, 1.807) is 0 Å². The molecule has 1 N–H and O–H groups in total. The van der Waals surface area contributed by atoms with E-state index in [4.69, 9.17) is 0 Å². The smallest absolute Gasteiger partial charge is 0.137 e. The maximum Gasteiger partial charge on any atom is 0.137 e. The molecular weight excluding hydrogens is 205 g/mol. The highest BCUT2D eigenvalue weighted by atomic mass is 19.1. The molecule has 0 aliphatic heterocycles. The minimum Gasteiger partial charge on any atom is -0.358 e. The molecule has 0 spiro atoms. The highest BCUT2D eigenvalue weighted by Crippen LogP contribution is 2.30. The summed E-state index contributed by atoms with van der Waals surface area (Å²) >= 11 is 0. The van der Waals surface area contributed by atoms with Crippen LogP contribution in [0.5, 0.6) is 0 Å². The zero-order chi connectivity index (χ0) is 11.3. The van der Waals surface area contributed by atoms with Crippen LogP contribution in [0, 0.1) is 12.7 Å². The van der Waals surface area contributed by atoms with E-state index < -0.39 is 0 Å². The van der Waals surface area contributed by atoms with Crippen molar-refractivity contribution in [3.63, 3.8) is 0 Å². The molecule has 0 saturated heterocycles. The number of benzene rings is 1. The van der Waals surface area contributed by atoms with Crippen molar-refractivity contribution >= 4 is 16.7 Å². The predicted molar refractivity (Wildman–Crippen MR) is 60.0 cm³/mol. The van der Waals surface area contributed by atoms with Gasteiger partial charge in [-0.25, -0.2) is 4.39 Å². The van der Waals surface area contributed by atoms with Crippen molar-refractivity contribution in [2.24, 2.45) is 0 Å². The molecule has 0 radical (unpaired) electrons. The Hall–Kier alpha value is -1.64. The molecule has 2 aromatic rings. The Labute approximate surface area is 92.5 Å². The van der Waals surface area contributed by atoms with Crippen molar-refractivity contribution < 1.29 is 9.18 Å². The third-order valence-corrected chi connectivity index (χ3v) is 3.29. The number of ketones is 1. The maximum absolute atomic E-state index is 13.3. The number of hydrogen-bond donors (Lipinski definition) is 1. The number of carbonyl (C=O) groups excluding carboxylic acids is 1. The van der Waals surface area contributed by atoms with Crippen molar-refractivity contribution in [3.8, 4) is 0 Å². The molecule has 1 aromatic carbocycles. The number of halogens is 1. The second kappa shape index (κ2) is 3.17. The minimum absolute atomic E-state index is 0.232. The number of aryl methyl sites for hydroxylation is 2. The van der Waals surface area contributed by atoms with Crippen LogP contribution in [-0.2, 0) is 17.6 Å². The van der Waals surface area contributed by atoms with E-state index in [9.17, 15) is 9.18 Å². The topological polar surface area (TPSA) is 32.9 Å². The number of nitrogens with one attached hydrogen (secondary N) is 1. The van der Waals surface area contributed by atoms with E-state index in [2.05, 4.69) is 4.98 Å². The molecule has 0 saturated carbocycles. The molecule has 1 aliphatic rings. The van der Waals surface area contributed by atoms with Gasteiger partial charge < -0.3 is 4.98 Å². The molecule has 1 aromatic heterocycles. The first-order chi connectivity index (χ1) is 7.65. The second-order valence-electron chi connectivity index (χ2n) is 4.44. The third kappa shape index (κ3) is 1.28. The van der Waals surface area contributed by atoms with Gasteiger partial charge in [0.05, 0.1) is 0 Å². The zero-order valence-corrected chi connectivity index (χ0v) is 9.06. The van der Waals surface area contributed by atoms with E-state index in [-0.39, 0.29) is 11.6 Å². The van der Waals surface area contributed by atoms with Crippen molar-refractivity contribution in [1.29, 1.82) is 0 Å². The lowest BCUT2D eigenvalue weighted by molar-refractivity contribution is -0.118. The van der Waals surface area contributed by atoms with Gasteiger partial charge >= 0.3 is 0 Å². The Morgan fingerprint density at radius 3 is 2.94 bits per heavy atom. The lowest BCUT2D eigenvalue weighted by Crippen LogP contribution is -2.12. The van der Waals surface area contributed by atoms with E-state index >= 15 is 0 Å². The molecule has 2 nitrogen and oxygen atoms in total. The lowest BCUT2D eigenvalue weighted by atomic mass is 9.94. The highest BCUT2D eigenvalue weighted by molar-refractivity contribution is 5.94. The maximum atomic E-state index is 13.3. The van der Waals surface area contributed by atoms with Gasteiger partial charge in [-0.05, 0) is 36.6 Å². The quantitative estimate of drug-likeness (QED) is 0.723. The fourth-order valence-corrected chi connectivity index (χ4v) is 2.50. The summed E-state index contributed by atoms with van der Waals surface area (Å²) in [6.07, 6.45) is 1.80. The zero-order valence-electron chi connectivity index (χ0n) is 9.06. The fourth-order valence-electron chi connectivity index (χ4n) is 2.50. The Bertz CT molecular complexity index is 597. The van der Waals surface area contributed by atoms with Gasteiger partial charge in [-0.2, -0.15) is 0 Å². The van der Waals surface area contributed by atoms with Crippen molar-refractivity contribution in [2.75, 3.05) is 0 Å². The number of fused-ring (bicyclic) bond motifs is 3. The second-order valence-corrected chi connectivity index (χ2v) is 4.44. The van der Waals surface area contributed by atoms with Crippen LogP contribution < -0.4 is 0 Å². The van der Waals surface area contributed by atoms with Crippen LogP contribution in [0.25, 0.3) is 10.9 Å². The summed E-state index contributed by atoms with van der Waals surface area (Å²) in [6, 6.07) is 3.04. The first-order valence-corrected chi connectivity index (χ1v) is 5.46. The summed E-state index contributed by atoms with van der Waals surface area (Å²) in [6.45, 7) is 1.88. The average molecular weight is 217 g/mol. The molecule has 0 unspecified atom stereocenters. The largest absolute Gasteiger partial charge is 0.358 e. The number of aromatic nitrogens is 1. The van der Waals surface area contributed by atoms with Gasteiger partial charge in [-0.1, -0.05) is 0 Å². The van der Waals surface area contributed by atoms with Gasteiger partial charge in [0.1, 0.15) is 11.6 Å². The number of hydrogen-bond acceptors (Lipinski definition) is 1. The molecule has 3 rings (SSSR count). The van der Waals surface area contributed by atoms with E-state index in [1.807, 2.05) is 6.92 Å². The molecular formula is C13H12FNO. The number of Topliss-reactive ketones (excluding diaryl/α,β-unsaturated/α-hetero) is 1. The Balaban J connectivity index is 2.34. The molecule has 1 heterocycles. The van der Waals surface area contributed by atoms with Gasteiger partial charge in [0.2, 0.25) is 0 Å². The molecule has 0 atom stereocenters. The van der Waals surface area contributed by atoms with Crippen LogP contribution in [-0.4, -0.2) is 10.8 Å². The molecule has 82 valence electrons. The summed E-state index contributed by atoms with van der Waals surface area (Å²) in [5.41, 5.74) is 3.97. The Morgan fingerprint density at radius 1 is 1.31 bits per heavy atom. The van der Waals surface area contributed by atoms with Crippen LogP contribution in [0.3, 0.4) is 0 Å². The van der Waals surface area contributed by atoms with Gasteiger partial charge in [-0.3, -0.25) is 4.79 Å². The van der Waals surface area contributed by atoms with Gasteiger partial charge in [0, 0.05) is 29.4 Å². The first kappa shape index (κ1) is 9.58. The monoisotopic (exact) mass is 217 g/mol. The van der Waals surface area contributed by atoms with Crippen LogP contribution in [0.2, 0.25) is 0 Å². The van der Waals surface area contributed by atoms with Crippen LogP contribution in [0.1, 0.15) is 23.2 Å². The molecule has 0 amide bonds. The van der Waals surface area contributed by atoms with Crippen LogP contribution >= 0.6 is 0 Å². The number of carbonyl (C=O) groups is 1. The Kier molecular flexibility index (Phi) is 1.90. The predicted octanol–water partition coefficient (Wildman–Crippen LogP) is 2.67. The van der Waals surface area contributed by atoms with Crippen molar-refractivity contribution in [2.45, 2.75) is 26.2 Å². The summed E-state index contributed by atoms with van der Waals surface area (Å²) in [5.74, 6) is 0.0140. The normalized spacial score (nSPS) is 15.5. The standard InChI is InChI=1S/C13H12FNO/c1-7-4-8(14)5-11-10-6-9(16)2-3-12(10)15-13(7)11/h4-5,15H,2-3,6H2,1H3. The number of rotatable bonds is 0. The van der Waals surface area contributed by atoms with Crippen molar-refractivity contribution in [1.82, 2.24) is 4.98 Å². The highest BCUT2D eigenvalue weighted by Gasteiger charge is 2.21. The van der Waals surface area contributed by atoms with E-state index in [0.717, 1.165) is 34.1 Å². The molecule has 16 heavy (non-hydrogen) atoms. The molecule has 1 aliphatic carbocycles. The van der Waals surface area contributed by atoms with E-state index in [0.29, 0.717) is 12.8 Å². The van der Waals surface area contributed by atoms with Crippen LogP contribution in [0.4, 0.5) is 4.39 Å². The lowest BCUT2D eigenvalue weighted by Gasteiger charge is -2.09. The molecule has 3 heteroatoms. The van der Waals surface area contributed by atoms with Gasteiger partial charge in [0.15, 0.2) is 0 Å². The minimum atomic E-state index is -0.232. The molecule has 0 fully saturated rings. The van der Waals surface area contributed by atoms with E-state index in [1.165, 1.54) is 12.1 Å². The molecule has 0 bridgehead atoms. The summed E-state index contributed by atoms with van der Waals surface area (Å²) in [5, 5.41) is 0.876. The SMILES string of the molecule is Cc1cc(F)cc2c3c([nH]c12)CCC(=O)C3. The van der Waals surface area contributed by atoms with Crippen LogP contribution in [0.15, 0.2) is 12.1 Å². The number of aromatic amines is 1. The van der Waals surface area contributed by atoms with Gasteiger partial charge in [0.25, 0.3) is 0 Å². The number of H-pyrrole nitrogens is 1. The summed E-state index contributed by atoms with van der Waals surface area (Å²) < 4.78 is 13.3. The summed E-state index contributed by atoms with van der Waals surface area (Å²) in [7, 11) is 0. The fraction of sp³-hybridized carbons (Fsp3) is 0.308. The summed E-state index contributed by atoms with van der Waals surface area (Å²) in [4.78, 5) is 14.7. The average Bonchev–Trinajstić information content (AvgIpc) is 2.57. The van der Waals surface area contributed by atoms with Crippen molar-refractivity contribution in [3.05, 3.63) is 34.8 Å².